The molecule has 0 heterocycles. The van der Waals surface area contributed by atoms with E-state index in [-0.39, 0.29) is 11.3 Å². The normalized spacial score (nSPS) is 9.90. The first-order valence-corrected chi connectivity index (χ1v) is 5.94. The first-order valence-electron chi connectivity index (χ1n) is 5.94. The Morgan fingerprint density at radius 3 is 2.35 bits per heavy atom. The molecule has 0 unspecified atom stereocenters. The van der Waals surface area contributed by atoms with E-state index in [1.165, 1.54) is 20.3 Å². The van der Waals surface area contributed by atoms with Crippen molar-refractivity contribution in [1.82, 2.24) is 0 Å². The Morgan fingerprint density at radius 1 is 1.05 bits per heavy atom. The number of esters is 1. The highest BCUT2D eigenvalue weighted by Crippen LogP contribution is 2.33. The zero-order valence-corrected chi connectivity index (χ0v) is 11.3. The van der Waals surface area contributed by atoms with Crippen molar-refractivity contribution in [3.8, 4) is 17.2 Å². The van der Waals surface area contributed by atoms with Crippen molar-refractivity contribution in [1.29, 1.82) is 0 Å². The Morgan fingerprint density at radius 2 is 1.75 bits per heavy atom. The van der Waals surface area contributed by atoms with Gasteiger partial charge < -0.3 is 19.9 Å². The molecule has 0 spiro atoms. The van der Waals surface area contributed by atoms with Gasteiger partial charge in [0.15, 0.2) is 0 Å². The fourth-order valence-electron chi connectivity index (χ4n) is 1.73. The Hall–Kier alpha value is -2.69. The summed E-state index contributed by atoms with van der Waals surface area (Å²) in [7, 11) is 2.76. The van der Waals surface area contributed by atoms with E-state index in [4.69, 9.17) is 19.9 Å². The lowest BCUT2D eigenvalue weighted by atomic mass is 10.1. The molecule has 0 aromatic heterocycles. The molecule has 0 saturated carbocycles. The second-order valence-electron chi connectivity index (χ2n) is 3.99. The maximum atomic E-state index is 11.7. The van der Waals surface area contributed by atoms with Crippen molar-refractivity contribution in [2.24, 2.45) is 0 Å². The second-order valence-corrected chi connectivity index (χ2v) is 3.99. The number of methoxy groups -OCH3 is 2. The van der Waals surface area contributed by atoms with E-state index in [1.807, 2.05) is 18.2 Å². The Labute approximate surface area is 116 Å². The van der Waals surface area contributed by atoms with Crippen LogP contribution >= 0.6 is 0 Å². The lowest BCUT2D eigenvalue weighted by Gasteiger charge is -2.12. The van der Waals surface area contributed by atoms with Crippen LogP contribution in [-0.4, -0.2) is 20.2 Å². The largest absolute Gasteiger partial charge is 0.494 e. The number of hydrogen-bond acceptors (Lipinski definition) is 5. The number of rotatable bonds is 4. The summed E-state index contributed by atoms with van der Waals surface area (Å²) >= 11 is 0. The second kappa shape index (κ2) is 5.97. The van der Waals surface area contributed by atoms with Crippen molar-refractivity contribution in [3.05, 3.63) is 48.0 Å². The number of anilines is 1. The summed E-state index contributed by atoms with van der Waals surface area (Å²) in [5.74, 6) is 0.913. The molecular formula is C15H15NO4. The Kier molecular flexibility index (Phi) is 4.10. The summed E-state index contributed by atoms with van der Waals surface area (Å²) < 4.78 is 15.5. The predicted octanol–water partition coefficient (Wildman–Crippen LogP) is 2.86. The molecule has 2 aromatic carbocycles. The van der Waals surface area contributed by atoms with Gasteiger partial charge in [0.05, 0.1) is 25.5 Å². The summed E-state index contributed by atoms with van der Waals surface area (Å²) in [6.07, 6.45) is 0. The van der Waals surface area contributed by atoms with Gasteiger partial charge >= 0.3 is 5.97 Å². The monoisotopic (exact) mass is 273 g/mol. The van der Waals surface area contributed by atoms with Gasteiger partial charge in [0.1, 0.15) is 17.2 Å². The SMILES string of the molecule is COC(=O)c1cc(Oc2ccccc2)cc(OC)c1N. The molecule has 5 heteroatoms. The third kappa shape index (κ3) is 2.83. The fraction of sp³-hybridized carbons (Fsp3) is 0.133. The summed E-state index contributed by atoms with van der Waals surface area (Å²) in [5, 5.41) is 0. The number of benzene rings is 2. The molecule has 0 bridgehead atoms. The van der Waals surface area contributed by atoms with Crippen molar-refractivity contribution in [2.45, 2.75) is 0 Å². The number of nitrogens with two attached hydrogens (primary N) is 1. The summed E-state index contributed by atoms with van der Waals surface area (Å²) in [6.45, 7) is 0. The highest BCUT2D eigenvalue weighted by atomic mass is 16.5. The van der Waals surface area contributed by atoms with E-state index in [0.717, 1.165) is 0 Å². The van der Waals surface area contributed by atoms with Crippen LogP contribution in [0.4, 0.5) is 5.69 Å². The average Bonchev–Trinajstić information content (AvgIpc) is 2.49. The van der Waals surface area contributed by atoms with Crippen LogP contribution in [0.5, 0.6) is 17.2 Å². The van der Waals surface area contributed by atoms with Gasteiger partial charge in [-0.05, 0) is 18.2 Å². The van der Waals surface area contributed by atoms with Gasteiger partial charge in [0.2, 0.25) is 0 Å². The molecular weight excluding hydrogens is 258 g/mol. The third-order valence-electron chi connectivity index (χ3n) is 2.72. The maximum absolute atomic E-state index is 11.7. The van der Waals surface area contributed by atoms with Gasteiger partial charge in [-0.25, -0.2) is 4.79 Å². The van der Waals surface area contributed by atoms with Crippen LogP contribution < -0.4 is 15.2 Å². The van der Waals surface area contributed by atoms with Crippen molar-refractivity contribution in [2.75, 3.05) is 20.0 Å². The van der Waals surface area contributed by atoms with E-state index in [0.29, 0.717) is 17.2 Å². The highest BCUT2D eigenvalue weighted by molar-refractivity contribution is 5.97. The molecule has 2 aromatic rings. The van der Waals surface area contributed by atoms with Gasteiger partial charge in [-0.15, -0.1) is 0 Å². The molecule has 2 N–H and O–H groups in total. The van der Waals surface area contributed by atoms with Gasteiger partial charge in [-0.1, -0.05) is 18.2 Å². The molecule has 20 heavy (non-hydrogen) atoms. The van der Waals surface area contributed by atoms with Crippen molar-refractivity contribution < 1.29 is 19.0 Å². The smallest absolute Gasteiger partial charge is 0.340 e. The van der Waals surface area contributed by atoms with Crippen LogP contribution in [0.25, 0.3) is 0 Å². The molecule has 104 valence electrons. The minimum absolute atomic E-state index is 0.206. The molecule has 5 nitrogen and oxygen atoms in total. The van der Waals surface area contributed by atoms with Crippen molar-refractivity contribution in [3.63, 3.8) is 0 Å². The van der Waals surface area contributed by atoms with Gasteiger partial charge in [-0.3, -0.25) is 0 Å². The number of carbonyl (C=O) groups is 1. The minimum Gasteiger partial charge on any atom is -0.494 e. The number of carbonyl (C=O) groups excluding carboxylic acids is 1. The third-order valence-corrected chi connectivity index (χ3v) is 2.72. The highest BCUT2D eigenvalue weighted by Gasteiger charge is 2.16. The van der Waals surface area contributed by atoms with Crippen LogP contribution in [0.1, 0.15) is 10.4 Å². The summed E-state index contributed by atoms with van der Waals surface area (Å²) in [4.78, 5) is 11.7. The fourth-order valence-corrected chi connectivity index (χ4v) is 1.73. The van der Waals surface area contributed by atoms with Crippen molar-refractivity contribution >= 4 is 11.7 Å². The number of ether oxygens (including phenoxy) is 3. The number of para-hydroxylation sites is 1. The van der Waals surface area contributed by atoms with E-state index >= 15 is 0 Å². The van der Waals surface area contributed by atoms with E-state index < -0.39 is 5.97 Å². The van der Waals surface area contributed by atoms with Crippen LogP contribution in [0, 0.1) is 0 Å². The molecule has 0 saturated heterocycles. The topological polar surface area (TPSA) is 70.8 Å². The molecule has 0 atom stereocenters. The molecule has 0 radical (unpaired) electrons. The molecule has 0 fully saturated rings. The molecule has 0 aliphatic heterocycles. The Balaban J connectivity index is 2.41. The zero-order valence-electron chi connectivity index (χ0n) is 11.3. The lowest BCUT2D eigenvalue weighted by Crippen LogP contribution is -2.07. The molecule has 0 aliphatic rings. The first kappa shape index (κ1) is 13.7. The maximum Gasteiger partial charge on any atom is 0.340 e. The zero-order chi connectivity index (χ0) is 14.5. The Bertz CT molecular complexity index is 611. The van der Waals surface area contributed by atoms with Gasteiger partial charge in [0, 0.05) is 6.07 Å². The predicted molar refractivity (Wildman–Crippen MR) is 75.3 cm³/mol. The number of hydrogen-bond donors (Lipinski definition) is 1. The van der Waals surface area contributed by atoms with E-state index in [2.05, 4.69) is 0 Å². The van der Waals surface area contributed by atoms with Gasteiger partial charge in [-0.2, -0.15) is 0 Å². The van der Waals surface area contributed by atoms with E-state index in [1.54, 1.807) is 18.2 Å². The van der Waals surface area contributed by atoms with Crippen LogP contribution in [0.15, 0.2) is 42.5 Å². The first-order chi connectivity index (χ1) is 9.65. The number of nitrogen functional groups attached to an aromatic ring is 1. The van der Waals surface area contributed by atoms with E-state index in [9.17, 15) is 4.79 Å². The lowest BCUT2D eigenvalue weighted by molar-refractivity contribution is 0.0601. The molecule has 0 amide bonds. The van der Waals surface area contributed by atoms with Crippen LogP contribution in [0.3, 0.4) is 0 Å². The summed E-state index contributed by atoms with van der Waals surface area (Å²) in [6, 6.07) is 12.3. The van der Waals surface area contributed by atoms with Gasteiger partial charge in [0.25, 0.3) is 0 Å². The van der Waals surface area contributed by atoms with Crippen LogP contribution in [0.2, 0.25) is 0 Å². The quantitative estimate of drug-likeness (QED) is 0.685. The average molecular weight is 273 g/mol. The minimum atomic E-state index is -0.542. The standard InChI is InChI=1S/C15H15NO4/c1-18-13-9-11(20-10-6-4-3-5-7-10)8-12(14(13)16)15(17)19-2/h3-9H,16H2,1-2H3. The van der Waals surface area contributed by atoms with Crippen LogP contribution in [-0.2, 0) is 4.74 Å². The molecule has 0 aliphatic carbocycles. The molecule has 2 rings (SSSR count). The summed E-state index contributed by atoms with van der Waals surface area (Å²) in [5.41, 5.74) is 6.28.